The van der Waals surface area contributed by atoms with Crippen molar-refractivity contribution in [2.24, 2.45) is 0 Å². The van der Waals surface area contributed by atoms with E-state index in [0.717, 1.165) is 11.3 Å². The zero-order valence-corrected chi connectivity index (χ0v) is 16.4. The van der Waals surface area contributed by atoms with Crippen LogP contribution in [0.3, 0.4) is 0 Å². The first-order chi connectivity index (χ1) is 15.1. The quantitative estimate of drug-likeness (QED) is 0.336. The molecule has 12 heteroatoms. The lowest BCUT2D eigenvalue weighted by Gasteiger charge is -2.17. The highest BCUT2D eigenvalue weighted by molar-refractivity contribution is 5.83. The van der Waals surface area contributed by atoms with Crippen LogP contribution in [-0.4, -0.2) is 81.6 Å². The summed E-state index contributed by atoms with van der Waals surface area (Å²) in [5.41, 5.74) is 2.40. The minimum atomic E-state index is -1.26. The number of ether oxygens (including phenoxy) is 1. The van der Waals surface area contributed by atoms with Crippen LogP contribution in [-0.2, 0) is 4.74 Å². The number of nitrogens with zero attached hydrogens (tertiary/aromatic N) is 7. The lowest BCUT2D eigenvalue weighted by molar-refractivity contribution is -0.0511. The second kappa shape index (κ2) is 7.67. The van der Waals surface area contributed by atoms with E-state index in [9.17, 15) is 15.3 Å². The molecule has 5 rings (SSSR count). The number of aliphatic hydroxyl groups is 3. The Morgan fingerprint density at radius 3 is 2.74 bits per heavy atom. The zero-order valence-electron chi connectivity index (χ0n) is 16.4. The van der Waals surface area contributed by atoms with Gasteiger partial charge in [-0.2, -0.15) is 15.1 Å². The van der Waals surface area contributed by atoms with Crippen LogP contribution < -0.4 is 5.32 Å². The minimum Gasteiger partial charge on any atom is -0.394 e. The molecule has 4 aromatic rings. The van der Waals surface area contributed by atoms with Crippen molar-refractivity contribution in [1.82, 2.24) is 34.3 Å². The van der Waals surface area contributed by atoms with E-state index in [1.54, 1.807) is 25.6 Å². The molecule has 4 aromatic heterocycles. The molecule has 1 saturated heterocycles. The maximum atomic E-state index is 10.4. The summed E-state index contributed by atoms with van der Waals surface area (Å²) in [5.74, 6) is 0.730. The topological polar surface area (TPSA) is 156 Å². The smallest absolute Gasteiger partial charge is 0.254 e. The van der Waals surface area contributed by atoms with Crippen LogP contribution >= 0.6 is 0 Å². The molecule has 1 aliphatic rings. The van der Waals surface area contributed by atoms with Crippen LogP contribution in [0, 0.1) is 0 Å². The predicted molar refractivity (Wildman–Crippen MR) is 108 cm³/mol. The van der Waals surface area contributed by atoms with E-state index in [-0.39, 0.29) is 5.95 Å². The van der Waals surface area contributed by atoms with Crippen LogP contribution in [0.4, 0.5) is 5.82 Å². The molecule has 4 atom stereocenters. The van der Waals surface area contributed by atoms with Crippen molar-refractivity contribution < 1.29 is 20.1 Å². The van der Waals surface area contributed by atoms with Gasteiger partial charge in [0.25, 0.3) is 5.95 Å². The average molecular weight is 424 g/mol. The molecule has 0 bridgehead atoms. The first kappa shape index (κ1) is 19.5. The minimum absolute atomic E-state index is 0.271. The van der Waals surface area contributed by atoms with Crippen molar-refractivity contribution >= 4 is 17.0 Å². The SMILES string of the molecule is CNc1nc(-n2cc(-c3ccccn3)cn2)nc2c1ncn2C1O[C@H](CO)[C@@H](O)[C@H]1O. The molecule has 5 heterocycles. The van der Waals surface area contributed by atoms with Gasteiger partial charge in [0.1, 0.15) is 18.3 Å². The number of imidazole rings is 1. The van der Waals surface area contributed by atoms with Gasteiger partial charge in [-0.1, -0.05) is 6.07 Å². The number of hydrogen-bond donors (Lipinski definition) is 4. The second-order valence-electron chi connectivity index (χ2n) is 7.06. The first-order valence-electron chi connectivity index (χ1n) is 9.62. The van der Waals surface area contributed by atoms with Crippen LogP contribution in [0.5, 0.6) is 0 Å². The highest BCUT2D eigenvalue weighted by Gasteiger charge is 2.44. The number of fused-ring (bicyclic) bond motifs is 1. The number of anilines is 1. The number of nitrogens with one attached hydrogen (secondary N) is 1. The molecular weight excluding hydrogens is 404 g/mol. The standard InChI is InChI=1S/C19H20N8O4/c1-20-16-13-17(26(9-22-13)18-15(30)14(29)12(8-28)31-18)25-19(24-16)27-7-10(6-23-27)11-4-2-3-5-21-11/h2-7,9,12,14-15,18,28-30H,8H2,1H3,(H,20,24,25)/t12-,14-,15-,18?/m1/s1. The van der Waals surface area contributed by atoms with E-state index >= 15 is 0 Å². The number of aromatic nitrogens is 7. The Kier molecular flexibility index (Phi) is 4.82. The summed E-state index contributed by atoms with van der Waals surface area (Å²) in [6, 6.07) is 5.60. The molecule has 1 aliphatic heterocycles. The van der Waals surface area contributed by atoms with Gasteiger partial charge in [0, 0.05) is 25.0 Å². The van der Waals surface area contributed by atoms with Crippen molar-refractivity contribution in [3.05, 3.63) is 43.1 Å². The third-order valence-corrected chi connectivity index (χ3v) is 5.19. The van der Waals surface area contributed by atoms with Crippen molar-refractivity contribution in [3.8, 4) is 17.2 Å². The molecule has 0 saturated carbocycles. The molecule has 0 aromatic carbocycles. The Morgan fingerprint density at radius 2 is 2.03 bits per heavy atom. The maximum absolute atomic E-state index is 10.4. The molecule has 12 nitrogen and oxygen atoms in total. The van der Waals surface area contributed by atoms with Gasteiger partial charge in [-0.3, -0.25) is 9.55 Å². The second-order valence-corrected chi connectivity index (χ2v) is 7.06. The average Bonchev–Trinajstić information content (AvgIpc) is 3.52. The highest BCUT2D eigenvalue weighted by atomic mass is 16.6. The predicted octanol–water partition coefficient (Wildman–Crippen LogP) is -0.273. The third kappa shape index (κ3) is 3.21. The molecule has 0 amide bonds. The lowest BCUT2D eigenvalue weighted by Crippen LogP contribution is -2.33. The van der Waals surface area contributed by atoms with Crippen LogP contribution in [0.2, 0.25) is 0 Å². The Hall–Kier alpha value is -3.45. The van der Waals surface area contributed by atoms with Crippen LogP contribution in [0.15, 0.2) is 43.1 Å². The van der Waals surface area contributed by atoms with Crippen molar-refractivity contribution in [3.63, 3.8) is 0 Å². The molecule has 1 unspecified atom stereocenters. The third-order valence-electron chi connectivity index (χ3n) is 5.19. The van der Waals surface area contributed by atoms with E-state index in [1.807, 2.05) is 18.2 Å². The Balaban J connectivity index is 1.58. The molecule has 1 fully saturated rings. The molecule has 31 heavy (non-hydrogen) atoms. The Bertz CT molecular complexity index is 1210. The van der Waals surface area contributed by atoms with Crippen LogP contribution in [0.25, 0.3) is 28.4 Å². The summed E-state index contributed by atoms with van der Waals surface area (Å²) in [6.45, 7) is -0.424. The number of aliphatic hydroxyl groups excluding tert-OH is 3. The number of hydrogen-bond acceptors (Lipinski definition) is 10. The molecule has 0 radical (unpaired) electrons. The van der Waals surface area contributed by atoms with Gasteiger partial charge in [-0.15, -0.1) is 0 Å². The van der Waals surface area contributed by atoms with Gasteiger partial charge in [-0.25, -0.2) is 9.67 Å². The highest BCUT2D eigenvalue weighted by Crippen LogP contribution is 2.32. The Labute approximate surface area is 175 Å². The van der Waals surface area contributed by atoms with Crippen molar-refractivity contribution in [2.75, 3.05) is 19.0 Å². The number of pyridine rings is 1. The van der Waals surface area contributed by atoms with Crippen molar-refractivity contribution in [1.29, 1.82) is 0 Å². The summed E-state index contributed by atoms with van der Waals surface area (Å²) in [6.07, 6.45) is 2.21. The fourth-order valence-electron chi connectivity index (χ4n) is 3.58. The van der Waals surface area contributed by atoms with Gasteiger partial charge in [-0.05, 0) is 12.1 Å². The normalized spacial score (nSPS) is 23.5. The number of rotatable bonds is 5. The lowest BCUT2D eigenvalue weighted by atomic mass is 10.1. The monoisotopic (exact) mass is 424 g/mol. The molecule has 160 valence electrons. The first-order valence-corrected chi connectivity index (χ1v) is 9.62. The van der Waals surface area contributed by atoms with Gasteiger partial charge in [0.05, 0.1) is 24.8 Å². The van der Waals surface area contributed by atoms with E-state index < -0.39 is 31.1 Å². The summed E-state index contributed by atoms with van der Waals surface area (Å²) < 4.78 is 8.65. The van der Waals surface area contributed by atoms with Gasteiger partial charge < -0.3 is 25.4 Å². The van der Waals surface area contributed by atoms with Gasteiger partial charge in [0.15, 0.2) is 23.2 Å². The fraction of sp³-hybridized carbons (Fsp3) is 0.316. The largest absolute Gasteiger partial charge is 0.394 e. The summed E-state index contributed by atoms with van der Waals surface area (Å²) in [5, 5.41) is 37.2. The summed E-state index contributed by atoms with van der Waals surface area (Å²) >= 11 is 0. The van der Waals surface area contributed by atoms with Crippen LogP contribution in [0.1, 0.15) is 6.23 Å². The van der Waals surface area contributed by atoms with E-state index in [4.69, 9.17) is 4.74 Å². The molecule has 0 spiro atoms. The van der Waals surface area contributed by atoms with Gasteiger partial charge in [0.2, 0.25) is 0 Å². The van der Waals surface area contributed by atoms with E-state index in [0.29, 0.717) is 17.0 Å². The van der Waals surface area contributed by atoms with E-state index in [2.05, 4.69) is 30.4 Å². The van der Waals surface area contributed by atoms with Crippen molar-refractivity contribution in [2.45, 2.75) is 24.5 Å². The molecule has 4 N–H and O–H groups in total. The zero-order chi connectivity index (χ0) is 21.5. The fourth-order valence-corrected chi connectivity index (χ4v) is 3.58. The Morgan fingerprint density at radius 1 is 1.16 bits per heavy atom. The summed E-state index contributed by atoms with van der Waals surface area (Å²) in [7, 11) is 1.71. The summed E-state index contributed by atoms with van der Waals surface area (Å²) in [4.78, 5) is 17.7. The maximum Gasteiger partial charge on any atom is 0.254 e. The molecule has 0 aliphatic carbocycles. The van der Waals surface area contributed by atoms with Gasteiger partial charge >= 0.3 is 0 Å². The molecular formula is C19H20N8O4. The van der Waals surface area contributed by atoms with E-state index in [1.165, 1.54) is 15.6 Å².